The van der Waals surface area contributed by atoms with E-state index in [-0.39, 0.29) is 12.2 Å². The van der Waals surface area contributed by atoms with Gasteiger partial charge in [0, 0.05) is 0 Å². The fourth-order valence-corrected chi connectivity index (χ4v) is 6.41. The predicted octanol–water partition coefficient (Wildman–Crippen LogP) is 8.44. The second kappa shape index (κ2) is 13.2. The van der Waals surface area contributed by atoms with Gasteiger partial charge in [-0.2, -0.15) is 0 Å². The average molecular weight is 974 g/mol. The zero-order valence-corrected chi connectivity index (χ0v) is 28.4. The fourth-order valence-electron chi connectivity index (χ4n) is 3.35. The van der Waals surface area contributed by atoms with Gasteiger partial charge in [0.1, 0.15) is 28.7 Å². The molecule has 4 aromatic carbocycles. The Morgan fingerprint density at radius 3 is 1.72 bits per heavy atom. The van der Waals surface area contributed by atoms with E-state index in [4.69, 9.17) is 19.3 Å². The van der Waals surface area contributed by atoms with Crippen molar-refractivity contribution in [1.82, 2.24) is 0 Å². The number of hydrogen-bond acceptors (Lipinski definition) is 6. The van der Waals surface area contributed by atoms with Crippen molar-refractivity contribution in [2.45, 2.75) is 7.85 Å². The van der Waals surface area contributed by atoms with Gasteiger partial charge in [-0.1, -0.05) is 12.1 Å². The summed E-state index contributed by atoms with van der Waals surface area (Å²) in [6, 6.07) is 23.9. The quantitative estimate of drug-likeness (QED) is 0.0752. The molecule has 0 fully saturated rings. The summed E-state index contributed by atoms with van der Waals surface area (Å²) in [5.74, 6) is 1.56. The van der Waals surface area contributed by atoms with Crippen LogP contribution >= 0.6 is 90.4 Å². The van der Waals surface area contributed by atoms with Crippen molar-refractivity contribution < 1.29 is 34.0 Å². The van der Waals surface area contributed by atoms with Crippen LogP contribution in [0.15, 0.2) is 84.9 Å². The molecule has 39 heavy (non-hydrogen) atoms. The van der Waals surface area contributed by atoms with Crippen molar-refractivity contribution in [1.29, 1.82) is 0 Å². The van der Waals surface area contributed by atoms with Gasteiger partial charge in [-0.25, -0.2) is 4.79 Å². The molecule has 0 spiro atoms. The van der Waals surface area contributed by atoms with E-state index in [1.54, 1.807) is 84.9 Å². The number of carboxylic acid groups (broad SMARTS) is 1. The topological polar surface area (TPSA) is 102 Å². The first-order valence-electron chi connectivity index (χ1n) is 11.2. The number of carbonyl (C=O) groups excluding carboxylic acids is 1. The van der Waals surface area contributed by atoms with Crippen LogP contribution in [0.4, 0.5) is 0 Å². The monoisotopic (exact) mass is 974 g/mol. The molecule has 0 saturated carbocycles. The molecule has 0 unspecified atom stereocenters. The molecule has 7 nitrogen and oxygen atoms in total. The number of carbonyl (C=O) groups is 2. The van der Waals surface area contributed by atoms with Crippen LogP contribution in [0.2, 0.25) is 0 Å². The van der Waals surface area contributed by atoms with Gasteiger partial charge in [-0.05, 0) is 174 Å². The first kappa shape index (κ1) is 30.1. The standard InChI is InChI=1S/C28H18I4O7/c29-23-13-16(15-25(34)35)14-24(30)26(23)38-21-9-11-22(12-10-21)39-27(36)28(31,32)17-1-5-19(6-2-17)37-20-7-3-18(33)4-8-20/h1-14,33H,15H2,(H,34,35). The van der Waals surface area contributed by atoms with Gasteiger partial charge < -0.3 is 24.4 Å². The molecular formula is C28H18I4O7. The molecule has 0 radical (unpaired) electrons. The Bertz CT molecular complexity index is 1460. The van der Waals surface area contributed by atoms with Gasteiger partial charge in [0.05, 0.1) is 13.6 Å². The summed E-state index contributed by atoms with van der Waals surface area (Å²) >= 11 is 8.34. The number of aromatic hydroxyl groups is 1. The van der Waals surface area contributed by atoms with Crippen LogP contribution in [0.25, 0.3) is 0 Å². The second-order valence-electron chi connectivity index (χ2n) is 8.12. The predicted molar refractivity (Wildman–Crippen MR) is 180 cm³/mol. The molecule has 4 rings (SSSR count). The highest BCUT2D eigenvalue weighted by Gasteiger charge is 2.36. The van der Waals surface area contributed by atoms with Crippen LogP contribution in [0.1, 0.15) is 11.1 Å². The van der Waals surface area contributed by atoms with Crippen LogP contribution in [-0.4, -0.2) is 22.2 Å². The molecule has 0 amide bonds. The number of halogens is 4. The molecule has 0 aliphatic carbocycles. The van der Waals surface area contributed by atoms with Gasteiger partial charge in [0.25, 0.3) is 0 Å². The van der Waals surface area contributed by atoms with E-state index in [1.165, 1.54) is 0 Å². The minimum absolute atomic E-state index is 0.0564. The lowest BCUT2D eigenvalue weighted by atomic mass is 10.1. The summed E-state index contributed by atoms with van der Waals surface area (Å²) in [5, 5.41) is 18.4. The van der Waals surface area contributed by atoms with Gasteiger partial charge in [-0.3, -0.25) is 4.79 Å². The Morgan fingerprint density at radius 1 is 0.718 bits per heavy atom. The van der Waals surface area contributed by atoms with Gasteiger partial charge in [0.2, 0.25) is 0 Å². The van der Waals surface area contributed by atoms with E-state index in [1.807, 2.05) is 0 Å². The Hall–Kier alpha value is -1.86. The highest BCUT2D eigenvalue weighted by atomic mass is 127. The van der Waals surface area contributed by atoms with Gasteiger partial charge >= 0.3 is 11.9 Å². The molecule has 11 heteroatoms. The molecule has 4 aromatic rings. The number of hydrogen-bond donors (Lipinski definition) is 2. The Labute approximate surface area is 278 Å². The van der Waals surface area contributed by atoms with Gasteiger partial charge in [-0.15, -0.1) is 0 Å². The molecule has 0 aliphatic heterocycles. The zero-order chi connectivity index (χ0) is 28.2. The largest absolute Gasteiger partial charge is 0.508 e. The molecular weight excluding hydrogens is 956 g/mol. The Balaban J connectivity index is 1.39. The fraction of sp³-hybridized carbons (Fsp3) is 0.0714. The highest BCUT2D eigenvalue weighted by Crippen LogP contribution is 2.42. The summed E-state index contributed by atoms with van der Waals surface area (Å²) in [6.07, 6.45) is -0.0564. The molecule has 200 valence electrons. The maximum atomic E-state index is 13.0. The summed E-state index contributed by atoms with van der Waals surface area (Å²) in [6.45, 7) is 0. The number of rotatable bonds is 9. The minimum atomic E-state index is -0.980. The second-order valence-corrected chi connectivity index (χ2v) is 15.7. The lowest BCUT2D eigenvalue weighted by molar-refractivity contribution is -0.136. The molecule has 0 aromatic heterocycles. The Morgan fingerprint density at radius 2 is 1.18 bits per heavy atom. The number of alkyl halides is 2. The number of benzene rings is 4. The van der Waals surface area contributed by atoms with Crippen molar-refractivity contribution in [2.75, 3.05) is 0 Å². The molecule has 0 atom stereocenters. The lowest BCUT2D eigenvalue weighted by Crippen LogP contribution is -2.27. The first-order chi connectivity index (χ1) is 18.5. The van der Waals surface area contributed by atoms with Crippen molar-refractivity contribution in [3.05, 3.63) is 103 Å². The molecule has 0 heterocycles. The maximum absolute atomic E-state index is 13.0. The van der Waals surface area contributed by atoms with E-state index >= 15 is 0 Å². The van der Waals surface area contributed by atoms with E-state index in [9.17, 15) is 14.7 Å². The van der Waals surface area contributed by atoms with Crippen LogP contribution in [0.3, 0.4) is 0 Å². The third kappa shape index (κ3) is 8.09. The van der Waals surface area contributed by atoms with E-state index < -0.39 is 13.4 Å². The number of ether oxygens (including phenoxy) is 3. The van der Waals surface area contributed by atoms with Crippen LogP contribution in [0, 0.1) is 7.14 Å². The Kier molecular flexibility index (Phi) is 10.2. The third-order valence-corrected chi connectivity index (χ3v) is 8.94. The van der Waals surface area contributed by atoms with E-state index in [0.717, 1.165) is 12.7 Å². The minimum Gasteiger partial charge on any atom is -0.508 e. The van der Waals surface area contributed by atoms with E-state index in [0.29, 0.717) is 34.3 Å². The smallest absolute Gasteiger partial charge is 0.342 e. The molecule has 0 aliphatic rings. The van der Waals surface area contributed by atoms with Crippen molar-refractivity contribution >= 4 is 102 Å². The normalized spacial score (nSPS) is 11.1. The maximum Gasteiger partial charge on any atom is 0.342 e. The van der Waals surface area contributed by atoms with E-state index in [2.05, 4.69) is 90.4 Å². The first-order valence-corrected chi connectivity index (χ1v) is 15.5. The van der Waals surface area contributed by atoms with Crippen molar-refractivity contribution in [2.24, 2.45) is 0 Å². The number of phenols is 1. The molecule has 0 saturated heterocycles. The van der Waals surface area contributed by atoms with Gasteiger partial charge in [0.15, 0.2) is 7.18 Å². The highest BCUT2D eigenvalue weighted by molar-refractivity contribution is 14.2. The SMILES string of the molecule is O=C(O)Cc1cc(I)c(Oc2ccc(OC(=O)C(I)(I)c3ccc(Oc4ccc(O)cc4)cc3)cc2)c(I)c1. The lowest BCUT2D eigenvalue weighted by Gasteiger charge is -2.20. The van der Waals surface area contributed by atoms with Crippen molar-refractivity contribution in [3.63, 3.8) is 0 Å². The van der Waals surface area contributed by atoms with Crippen molar-refractivity contribution in [3.8, 4) is 34.5 Å². The van der Waals surface area contributed by atoms with Crippen LogP contribution < -0.4 is 14.2 Å². The average Bonchev–Trinajstić information content (AvgIpc) is 2.88. The molecule has 2 N–H and O–H groups in total. The number of phenolic OH excluding ortho intramolecular Hbond substituents is 1. The zero-order valence-electron chi connectivity index (χ0n) is 19.7. The third-order valence-electron chi connectivity index (χ3n) is 5.21. The summed E-state index contributed by atoms with van der Waals surface area (Å²) in [7, 11) is 0. The number of aliphatic carboxylic acids is 1. The van der Waals surface area contributed by atoms with Crippen LogP contribution in [0.5, 0.6) is 34.5 Å². The summed E-state index contributed by atoms with van der Waals surface area (Å²) in [5.41, 5.74) is 1.44. The summed E-state index contributed by atoms with van der Waals surface area (Å²) in [4.78, 5) is 24.1. The molecule has 0 bridgehead atoms. The van der Waals surface area contributed by atoms with Crippen LogP contribution in [-0.2, 0) is 17.4 Å². The number of esters is 1. The number of carboxylic acids is 1. The summed E-state index contributed by atoms with van der Waals surface area (Å²) < 4.78 is 18.1.